The molecule has 1 heterocycles. The number of hydrogen-bond donors (Lipinski definition) is 2. The van der Waals surface area contributed by atoms with Crippen molar-refractivity contribution in [2.75, 3.05) is 39.4 Å². The average molecular weight is 243 g/mol. The molecule has 0 bridgehead atoms. The van der Waals surface area contributed by atoms with Crippen LogP contribution in [0.3, 0.4) is 0 Å². The van der Waals surface area contributed by atoms with Gasteiger partial charge in [-0.25, -0.2) is 0 Å². The minimum atomic E-state index is 0.0697. The fourth-order valence-electron chi connectivity index (χ4n) is 1.99. The molecule has 1 fully saturated rings. The second-order valence-electron chi connectivity index (χ2n) is 5.09. The van der Waals surface area contributed by atoms with Crippen molar-refractivity contribution in [2.45, 2.75) is 32.2 Å². The fraction of sp³-hybridized carbons (Fsp3) is 0.917. The van der Waals surface area contributed by atoms with Gasteiger partial charge in [0.2, 0.25) is 5.91 Å². The van der Waals surface area contributed by atoms with Gasteiger partial charge in [0.1, 0.15) is 0 Å². The highest BCUT2D eigenvalue weighted by Gasteiger charge is 2.29. The van der Waals surface area contributed by atoms with Crippen molar-refractivity contribution in [3.63, 3.8) is 0 Å². The van der Waals surface area contributed by atoms with Crippen LogP contribution < -0.4 is 11.1 Å². The second kappa shape index (κ2) is 6.93. The van der Waals surface area contributed by atoms with Gasteiger partial charge in [-0.1, -0.05) is 0 Å². The third kappa shape index (κ3) is 5.02. The van der Waals surface area contributed by atoms with E-state index in [1.165, 1.54) is 0 Å². The van der Waals surface area contributed by atoms with Gasteiger partial charge >= 0.3 is 0 Å². The first-order valence-corrected chi connectivity index (χ1v) is 6.36. The summed E-state index contributed by atoms with van der Waals surface area (Å²) in [6.45, 7) is 8.97. The number of morpholine rings is 1. The fourth-order valence-corrected chi connectivity index (χ4v) is 1.99. The largest absolute Gasteiger partial charge is 0.378 e. The van der Waals surface area contributed by atoms with Crippen LogP contribution in [0.15, 0.2) is 0 Å². The number of hydrogen-bond acceptors (Lipinski definition) is 4. The van der Waals surface area contributed by atoms with Crippen molar-refractivity contribution in [1.29, 1.82) is 0 Å². The van der Waals surface area contributed by atoms with Crippen LogP contribution in [-0.4, -0.2) is 55.7 Å². The van der Waals surface area contributed by atoms with Crippen molar-refractivity contribution in [3.05, 3.63) is 0 Å². The SMILES string of the molecule is CC1(C)COCCN1CCNC(=O)CCCN. The Morgan fingerprint density at radius 2 is 2.29 bits per heavy atom. The smallest absolute Gasteiger partial charge is 0.220 e. The molecule has 0 aromatic carbocycles. The van der Waals surface area contributed by atoms with Gasteiger partial charge < -0.3 is 15.8 Å². The van der Waals surface area contributed by atoms with Gasteiger partial charge in [0, 0.05) is 31.6 Å². The molecule has 0 atom stereocenters. The highest BCUT2D eigenvalue weighted by atomic mass is 16.5. The zero-order chi connectivity index (χ0) is 12.7. The number of carbonyl (C=O) groups is 1. The summed E-state index contributed by atoms with van der Waals surface area (Å²) in [6.07, 6.45) is 1.29. The molecule has 5 nitrogen and oxygen atoms in total. The summed E-state index contributed by atoms with van der Waals surface area (Å²) in [7, 11) is 0. The standard InChI is InChI=1S/C12H25N3O2/c1-12(2)10-17-9-8-15(12)7-6-14-11(16)4-3-5-13/h3-10,13H2,1-2H3,(H,14,16). The Morgan fingerprint density at radius 3 is 2.94 bits per heavy atom. The van der Waals surface area contributed by atoms with Crippen molar-refractivity contribution in [1.82, 2.24) is 10.2 Å². The Hall–Kier alpha value is -0.650. The Morgan fingerprint density at radius 1 is 1.53 bits per heavy atom. The van der Waals surface area contributed by atoms with E-state index in [2.05, 4.69) is 24.1 Å². The quantitative estimate of drug-likeness (QED) is 0.686. The monoisotopic (exact) mass is 243 g/mol. The number of carbonyl (C=O) groups excluding carboxylic acids is 1. The third-order valence-corrected chi connectivity index (χ3v) is 3.13. The van der Waals surface area contributed by atoms with E-state index < -0.39 is 0 Å². The van der Waals surface area contributed by atoms with Gasteiger partial charge in [-0.05, 0) is 26.8 Å². The number of ether oxygens (including phenoxy) is 1. The maximum absolute atomic E-state index is 11.4. The zero-order valence-corrected chi connectivity index (χ0v) is 11.0. The first-order chi connectivity index (χ1) is 8.06. The van der Waals surface area contributed by atoms with Gasteiger partial charge in [-0.15, -0.1) is 0 Å². The molecule has 5 heteroatoms. The Balaban J connectivity index is 2.19. The molecular formula is C12H25N3O2. The van der Waals surface area contributed by atoms with E-state index in [0.29, 0.717) is 19.5 Å². The van der Waals surface area contributed by atoms with Crippen LogP contribution >= 0.6 is 0 Å². The molecule has 1 aliphatic heterocycles. The minimum absolute atomic E-state index is 0.0697. The molecule has 3 N–H and O–H groups in total. The lowest BCUT2D eigenvalue weighted by Crippen LogP contribution is -2.54. The topological polar surface area (TPSA) is 67.6 Å². The van der Waals surface area contributed by atoms with Crippen LogP contribution in [0, 0.1) is 0 Å². The predicted octanol–water partition coefficient (Wildman–Crippen LogP) is -0.0477. The molecule has 1 saturated heterocycles. The minimum Gasteiger partial charge on any atom is -0.378 e. The van der Waals surface area contributed by atoms with Crippen molar-refractivity contribution in [2.24, 2.45) is 5.73 Å². The second-order valence-corrected chi connectivity index (χ2v) is 5.09. The molecule has 0 unspecified atom stereocenters. The van der Waals surface area contributed by atoms with Crippen LogP contribution in [0.25, 0.3) is 0 Å². The first kappa shape index (κ1) is 14.4. The summed E-state index contributed by atoms with van der Waals surface area (Å²) in [5.74, 6) is 0.0986. The lowest BCUT2D eigenvalue weighted by Gasteiger charge is -2.42. The highest BCUT2D eigenvalue weighted by Crippen LogP contribution is 2.17. The maximum Gasteiger partial charge on any atom is 0.220 e. The molecule has 0 aliphatic carbocycles. The van der Waals surface area contributed by atoms with Crippen molar-refractivity contribution in [3.8, 4) is 0 Å². The molecule has 1 rings (SSSR count). The maximum atomic E-state index is 11.4. The molecule has 17 heavy (non-hydrogen) atoms. The molecule has 0 aromatic heterocycles. The number of nitrogens with one attached hydrogen (secondary N) is 1. The molecule has 0 spiro atoms. The van der Waals surface area contributed by atoms with Crippen molar-refractivity contribution < 1.29 is 9.53 Å². The van der Waals surface area contributed by atoms with Crippen LogP contribution in [0.2, 0.25) is 0 Å². The lowest BCUT2D eigenvalue weighted by molar-refractivity contribution is -0.121. The molecular weight excluding hydrogens is 218 g/mol. The van der Waals surface area contributed by atoms with Gasteiger partial charge in [0.05, 0.1) is 13.2 Å². The molecule has 100 valence electrons. The predicted molar refractivity (Wildman–Crippen MR) is 67.8 cm³/mol. The molecule has 0 saturated carbocycles. The van der Waals surface area contributed by atoms with E-state index in [0.717, 1.165) is 32.7 Å². The molecule has 1 amide bonds. The normalized spacial score (nSPS) is 20.2. The summed E-state index contributed by atoms with van der Waals surface area (Å²) in [6, 6.07) is 0. The van der Waals surface area contributed by atoms with Gasteiger partial charge in [-0.2, -0.15) is 0 Å². The van der Waals surface area contributed by atoms with E-state index in [4.69, 9.17) is 10.5 Å². The van der Waals surface area contributed by atoms with E-state index in [1.807, 2.05) is 0 Å². The lowest BCUT2D eigenvalue weighted by atomic mass is 10.0. The van der Waals surface area contributed by atoms with Crippen LogP contribution in [0.1, 0.15) is 26.7 Å². The Labute approximate surface area is 104 Å². The van der Waals surface area contributed by atoms with Crippen LogP contribution in [-0.2, 0) is 9.53 Å². The van der Waals surface area contributed by atoms with E-state index in [-0.39, 0.29) is 11.4 Å². The number of nitrogens with two attached hydrogens (primary N) is 1. The summed E-state index contributed by atoms with van der Waals surface area (Å²) in [4.78, 5) is 13.8. The number of amides is 1. The molecule has 0 radical (unpaired) electrons. The third-order valence-electron chi connectivity index (χ3n) is 3.13. The summed E-state index contributed by atoms with van der Waals surface area (Å²) >= 11 is 0. The summed E-state index contributed by atoms with van der Waals surface area (Å²) in [5, 5.41) is 2.93. The zero-order valence-electron chi connectivity index (χ0n) is 11.0. The Bertz CT molecular complexity index is 244. The summed E-state index contributed by atoms with van der Waals surface area (Å²) in [5.41, 5.74) is 5.43. The number of nitrogens with zero attached hydrogens (tertiary/aromatic N) is 1. The average Bonchev–Trinajstić information content (AvgIpc) is 2.28. The van der Waals surface area contributed by atoms with Gasteiger partial charge in [-0.3, -0.25) is 9.69 Å². The van der Waals surface area contributed by atoms with E-state index in [9.17, 15) is 4.79 Å². The highest BCUT2D eigenvalue weighted by molar-refractivity contribution is 5.75. The Kier molecular flexibility index (Phi) is 5.88. The number of rotatable bonds is 6. The van der Waals surface area contributed by atoms with Crippen LogP contribution in [0.4, 0.5) is 0 Å². The van der Waals surface area contributed by atoms with Gasteiger partial charge in [0.25, 0.3) is 0 Å². The van der Waals surface area contributed by atoms with Crippen LogP contribution in [0.5, 0.6) is 0 Å². The summed E-state index contributed by atoms with van der Waals surface area (Å²) < 4.78 is 5.45. The van der Waals surface area contributed by atoms with Gasteiger partial charge in [0.15, 0.2) is 0 Å². The first-order valence-electron chi connectivity index (χ1n) is 6.36. The molecule has 0 aromatic rings. The molecule has 1 aliphatic rings. The van der Waals surface area contributed by atoms with Crippen molar-refractivity contribution >= 4 is 5.91 Å². The van der Waals surface area contributed by atoms with E-state index in [1.54, 1.807) is 0 Å². The van der Waals surface area contributed by atoms with E-state index >= 15 is 0 Å².